The molecule has 22 heavy (non-hydrogen) atoms. The molecule has 0 bridgehead atoms. The minimum absolute atomic E-state index is 0.0256. The van der Waals surface area contributed by atoms with Gasteiger partial charge in [-0.2, -0.15) is 0 Å². The number of carbonyl (C=O) groups is 2. The number of halogens is 2. The maximum atomic E-state index is 12.1. The Hall–Kier alpha value is -2.04. The number of nitrogens with one attached hydrogen (secondary N) is 2. The van der Waals surface area contributed by atoms with Crippen LogP contribution in [-0.4, -0.2) is 11.8 Å². The molecule has 0 aromatic heterocycles. The third-order valence-electron chi connectivity index (χ3n) is 3.36. The molecule has 0 aliphatic carbocycles. The summed E-state index contributed by atoms with van der Waals surface area (Å²) in [6.07, 6.45) is 0.551. The molecule has 0 radical (unpaired) electrons. The van der Waals surface area contributed by atoms with Gasteiger partial charge >= 0.3 is 0 Å². The van der Waals surface area contributed by atoms with Crippen molar-refractivity contribution in [2.75, 3.05) is 10.6 Å². The summed E-state index contributed by atoms with van der Waals surface area (Å²) in [4.78, 5) is 23.4. The van der Waals surface area contributed by atoms with Crippen molar-refractivity contribution in [1.82, 2.24) is 0 Å². The van der Waals surface area contributed by atoms with E-state index in [0.29, 0.717) is 22.2 Å². The van der Waals surface area contributed by atoms with Gasteiger partial charge in [0.2, 0.25) is 11.8 Å². The monoisotopic (exact) mass is 334 g/mol. The van der Waals surface area contributed by atoms with Crippen molar-refractivity contribution in [2.45, 2.75) is 12.8 Å². The summed E-state index contributed by atoms with van der Waals surface area (Å²) in [5.41, 5.74) is 3.05. The first-order valence-corrected chi connectivity index (χ1v) is 7.43. The van der Waals surface area contributed by atoms with Crippen LogP contribution in [0.15, 0.2) is 36.4 Å². The lowest BCUT2D eigenvalue weighted by Gasteiger charge is -2.08. The highest BCUT2D eigenvalue weighted by Gasteiger charge is 2.18. The average molecular weight is 335 g/mol. The Morgan fingerprint density at radius 3 is 2.82 bits per heavy atom. The van der Waals surface area contributed by atoms with Crippen LogP contribution in [0.25, 0.3) is 0 Å². The Bertz CT molecular complexity index is 775. The van der Waals surface area contributed by atoms with Crippen LogP contribution in [-0.2, 0) is 22.4 Å². The van der Waals surface area contributed by atoms with Crippen LogP contribution in [0.3, 0.4) is 0 Å². The van der Waals surface area contributed by atoms with Crippen molar-refractivity contribution in [2.24, 2.45) is 0 Å². The van der Waals surface area contributed by atoms with Crippen molar-refractivity contribution in [3.8, 4) is 0 Å². The largest absolute Gasteiger partial charge is 0.326 e. The minimum atomic E-state index is -0.193. The molecule has 1 heterocycles. The lowest BCUT2D eigenvalue weighted by Crippen LogP contribution is -2.14. The molecule has 2 aromatic rings. The summed E-state index contributed by atoms with van der Waals surface area (Å²) in [6.45, 7) is 0. The molecule has 3 rings (SSSR count). The zero-order valence-electron chi connectivity index (χ0n) is 11.5. The lowest BCUT2D eigenvalue weighted by molar-refractivity contribution is -0.116. The molecule has 2 aromatic carbocycles. The van der Waals surface area contributed by atoms with E-state index >= 15 is 0 Å². The van der Waals surface area contributed by atoms with E-state index in [9.17, 15) is 9.59 Å². The van der Waals surface area contributed by atoms with Gasteiger partial charge in [-0.15, -0.1) is 0 Å². The molecule has 2 N–H and O–H groups in total. The number of fused-ring (bicyclic) bond motifs is 1. The SMILES string of the molecule is O=C(Cc1ccc2c(c1)CC(=O)N2)Nc1cc(Cl)ccc1Cl. The van der Waals surface area contributed by atoms with Crippen LogP contribution < -0.4 is 10.6 Å². The quantitative estimate of drug-likeness (QED) is 0.899. The predicted molar refractivity (Wildman–Crippen MR) is 87.6 cm³/mol. The molecular formula is C16H12Cl2N2O2. The van der Waals surface area contributed by atoms with Gasteiger partial charge in [0, 0.05) is 10.7 Å². The van der Waals surface area contributed by atoms with Gasteiger partial charge in [0.15, 0.2) is 0 Å². The van der Waals surface area contributed by atoms with Gasteiger partial charge in [-0.3, -0.25) is 9.59 Å². The average Bonchev–Trinajstić information content (AvgIpc) is 2.82. The number of rotatable bonds is 3. The fourth-order valence-corrected chi connectivity index (χ4v) is 2.70. The highest BCUT2D eigenvalue weighted by Crippen LogP contribution is 2.26. The number of hydrogen-bond donors (Lipinski definition) is 2. The summed E-state index contributed by atoms with van der Waals surface area (Å²) in [7, 11) is 0. The molecule has 1 aliphatic rings. The number of hydrogen-bond acceptors (Lipinski definition) is 2. The highest BCUT2D eigenvalue weighted by atomic mass is 35.5. The Kier molecular flexibility index (Phi) is 4.05. The summed E-state index contributed by atoms with van der Waals surface area (Å²) in [5, 5.41) is 6.43. The van der Waals surface area contributed by atoms with E-state index in [2.05, 4.69) is 10.6 Å². The van der Waals surface area contributed by atoms with E-state index in [0.717, 1.165) is 16.8 Å². The summed E-state index contributed by atoms with van der Waals surface area (Å²) < 4.78 is 0. The molecular weight excluding hydrogens is 323 g/mol. The Morgan fingerprint density at radius 1 is 1.18 bits per heavy atom. The molecule has 6 heteroatoms. The third kappa shape index (κ3) is 3.24. The second-order valence-electron chi connectivity index (χ2n) is 5.07. The van der Waals surface area contributed by atoms with Crippen LogP contribution in [0, 0.1) is 0 Å². The molecule has 112 valence electrons. The van der Waals surface area contributed by atoms with E-state index in [1.807, 2.05) is 18.2 Å². The van der Waals surface area contributed by atoms with Gasteiger partial charge in [-0.25, -0.2) is 0 Å². The van der Waals surface area contributed by atoms with Crippen LogP contribution in [0.1, 0.15) is 11.1 Å². The first-order chi connectivity index (χ1) is 10.5. The van der Waals surface area contributed by atoms with E-state index < -0.39 is 0 Å². The molecule has 0 saturated carbocycles. The number of benzene rings is 2. The molecule has 4 nitrogen and oxygen atoms in total. The van der Waals surface area contributed by atoms with E-state index in [1.165, 1.54) is 0 Å². The normalized spacial score (nSPS) is 12.7. The van der Waals surface area contributed by atoms with Gasteiger partial charge in [0.25, 0.3) is 0 Å². The number of anilines is 2. The predicted octanol–water partition coefficient (Wildman–Crippen LogP) is 3.67. The van der Waals surface area contributed by atoms with Crippen LogP contribution >= 0.6 is 23.2 Å². The maximum absolute atomic E-state index is 12.1. The molecule has 0 atom stereocenters. The minimum Gasteiger partial charge on any atom is -0.326 e. The van der Waals surface area contributed by atoms with Crippen molar-refractivity contribution in [1.29, 1.82) is 0 Å². The molecule has 0 saturated heterocycles. The van der Waals surface area contributed by atoms with Gasteiger partial charge in [0.1, 0.15) is 0 Å². The van der Waals surface area contributed by atoms with E-state index in [-0.39, 0.29) is 18.2 Å². The van der Waals surface area contributed by atoms with E-state index in [1.54, 1.807) is 18.2 Å². The van der Waals surface area contributed by atoms with Crippen LogP contribution in [0.2, 0.25) is 10.0 Å². The summed E-state index contributed by atoms with van der Waals surface area (Å²) in [6, 6.07) is 10.4. The molecule has 2 amide bonds. The van der Waals surface area contributed by atoms with Gasteiger partial charge < -0.3 is 10.6 Å². The Morgan fingerprint density at radius 2 is 2.00 bits per heavy atom. The van der Waals surface area contributed by atoms with Crippen molar-refractivity contribution in [3.63, 3.8) is 0 Å². The first-order valence-electron chi connectivity index (χ1n) is 6.68. The van der Waals surface area contributed by atoms with Gasteiger partial charge in [0.05, 0.1) is 23.6 Å². The van der Waals surface area contributed by atoms with Crippen molar-refractivity contribution in [3.05, 3.63) is 57.6 Å². The lowest BCUT2D eigenvalue weighted by atomic mass is 10.1. The summed E-state index contributed by atoms with van der Waals surface area (Å²) >= 11 is 11.9. The molecule has 0 spiro atoms. The van der Waals surface area contributed by atoms with Gasteiger partial charge in [-0.1, -0.05) is 35.3 Å². The maximum Gasteiger partial charge on any atom is 0.228 e. The smallest absolute Gasteiger partial charge is 0.228 e. The standard InChI is InChI=1S/C16H12Cl2N2O2/c17-11-2-3-12(18)14(8-11)20-15(21)6-9-1-4-13-10(5-9)7-16(22)19-13/h1-5,8H,6-7H2,(H,19,22)(H,20,21). The Balaban J connectivity index is 1.71. The van der Waals surface area contributed by atoms with Crippen LogP contribution in [0.5, 0.6) is 0 Å². The zero-order chi connectivity index (χ0) is 15.7. The second-order valence-corrected chi connectivity index (χ2v) is 5.91. The fourth-order valence-electron chi connectivity index (χ4n) is 2.37. The molecule has 0 unspecified atom stereocenters. The molecule has 1 aliphatic heterocycles. The number of carbonyl (C=O) groups excluding carboxylic acids is 2. The van der Waals surface area contributed by atoms with E-state index in [4.69, 9.17) is 23.2 Å². The Labute approximate surface area is 137 Å². The van der Waals surface area contributed by atoms with Gasteiger partial charge in [-0.05, 0) is 35.4 Å². The summed E-state index contributed by atoms with van der Waals surface area (Å²) in [5.74, 6) is -0.219. The zero-order valence-corrected chi connectivity index (χ0v) is 13.0. The third-order valence-corrected chi connectivity index (χ3v) is 3.93. The second kappa shape index (κ2) is 5.99. The first kappa shape index (κ1) is 14.9. The fraction of sp³-hybridized carbons (Fsp3) is 0.125. The number of amides is 2. The highest BCUT2D eigenvalue weighted by molar-refractivity contribution is 6.35. The topological polar surface area (TPSA) is 58.2 Å². The van der Waals surface area contributed by atoms with Crippen molar-refractivity contribution >= 4 is 46.4 Å². The molecule has 0 fully saturated rings. The van der Waals surface area contributed by atoms with Crippen LogP contribution in [0.4, 0.5) is 11.4 Å². The van der Waals surface area contributed by atoms with Crippen molar-refractivity contribution < 1.29 is 9.59 Å².